The van der Waals surface area contributed by atoms with E-state index in [1.165, 1.54) is 18.2 Å². The van der Waals surface area contributed by atoms with Gasteiger partial charge in [-0.3, -0.25) is 0 Å². The van der Waals surface area contributed by atoms with E-state index in [2.05, 4.69) is 25.9 Å². The quantitative estimate of drug-likeness (QED) is 0.708. The van der Waals surface area contributed by atoms with Gasteiger partial charge in [0.1, 0.15) is 16.2 Å². The first-order valence-corrected chi connectivity index (χ1v) is 6.94. The molecule has 0 aliphatic carbocycles. The lowest BCUT2D eigenvalue weighted by Crippen LogP contribution is -2.05. The first-order valence-electron chi connectivity index (χ1n) is 6.15. The highest BCUT2D eigenvalue weighted by Crippen LogP contribution is 2.32. The van der Waals surface area contributed by atoms with Crippen molar-refractivity contribution in [3.8, 4) is 11.6 Å². The SMILES string of the molecule is CC(C)c1nc(Br)cc(Oc2cccc(C(F)(F)F)c2)n1. The lowest BCUT2D eigenvalue weighted by atomic mass is 10.2. The molecule has 112 valence electrons. The van der Waals surface area contributed by atoms with Gasteiger partial charge < -0.3 is 4.74 Å². The van der Waals surface area contributed by atoms with E-state index in [4.69, 9.17) is 4.74 Å². The molecule has 1 aromatic carbocycles. The van der Waals surface area contributed by atoms with Crippen LogP contribution in [0.15, 0.2) is 34.9 Å². The minimum atomic E-state index is -4.41. The van der Waals surface area contributed by atoms with Crippen molar-refractivity contribution in [2.24, 2.45) is 0 Å². The van der Waals surface area contributed by atoms with Crippen LogP contribution in [0, 0.1) is 0 Å². The zero-order valence-electron chi connectivity index (χ0n) is 11.3. The average molecular weight is 361 g/mol. The molecule has 0 fully saturated rings. The summed E-state index contributed by atoms with van der Waals surface area (Å²) in [5.41, 5.74) is -0.766. The summed E-state index contributed by atoms with van der Waals surface area (Å²) in [7, 11) is 0. The third kappa shape index (κ3) is 4.17. The number of hydrogen-bond acceptors (Lipinski definition) is 3. The van der Waals surface area contributed by atoms with Gasteiger partial charge >= 0.3 is 6.18 Å². The van der Waals surface area contributed by atoms with Crippen molar-refractivity contribution in [2.45, 2.75) is 25.9 Å². The highest BCUT2D eigenvalue weighted by Gasteiger charge is 2.30. The van der Waals surface area contributed by atoms with Crippen LogP contribution in [-0.4, -0.2) is 9.97 Å². The molecular weight excluding hydrogens is 349 g/mol. The second-order valence-corrected chi connectivity index (χ2v) is 5.48. The Labute approximate surface area is 128 Å². The number of halogens is 4. The van der Waals surface area contributed by atoms with Gasteiger partial charge in [-0.25, -0.2) is 4.98 Å². The smallest absolute Gasteiger partial charge is 0.416 e. The first-order chi connectivity index (χ1) is 9.75. The molecule has 2 aromatic rings. The van der Waals surface area contributed by atoms with E-state index in [1.807, 2.05) is 13.8 Å². The lowest BCUT2D eigenvalue weighted by molar-refractivity contribution is -0.137. The van der Waals surface area contributed by atoms with Gasteiger partial charge in [0.15, 0.2) is 0 Å². The van der Waals surface area contributed by atoms with Gasteiger partial charge in [0, 0.05) is 12.0 Å². The summed E-state index contributed by atoms with van der Waals surface area (Å²) in [6.07, 6.45) is -4.41. The van der Waals surface area contributed by atoms with Gasteiger partial charge in [0.25, 0.3) is 0 Å². The van der Waals surface area contributed by atoms with Gasteiger partial charge in [-0.2, -0.15) is 18.2 Å². The molecule has 21 heavy (non-hydrogen) atoms. The topological polar surface area (TPSA) is 35.0 Å². The zero-order chi connectivity index (χ0) is 15.6. The van der Waals surface area contributed by atoms with Gasteiger partial charge in [-0.1, -0.05) is 19.9 Å². The van der Waals surface area contributed by atoms with E-state index in [0.29, 0.717) is 10.4 Å². The van der Waals surface area contributed by atoms with Crippen LogP contribution in [-0.2, 0) is 6.18 Å². The Morgan fingerprint density at radius 2 is 1.86 bits per heavy atom. The van der Waals surface area contributed by atoms with Gasteiger partial charge in [-0.15, -0.1) is 0 Å². The van der Waals surface area contributed by atoms with Crippen LogP contribution in [0.3, 0.4) is 0 Å². The summed E-state index contributed by atoms with van der Waals surface area (Å²) in [6, 6.07) is 6.16. The van der Waals surface area contributed by atoms with Gasteiger partial charge in [-0.05, 0) is 34.1 Å². The molecule has 0 saturated carbocycles. The van der Waals surface area contributed by atoms with E-state index in [0.717, 1.165) is 12.1 Å². The molecule has 0 bridgehead atoms. The minimum absolute atomic E-state index is 0.0742. The Hall–Kier alpha value is -1.63. The van der Waals surface area contributed by atoms with Crippen molar-refractivity contribution in [3.05, 3.63) is 46.3 Å². The molecule has 1 aromatic heterocycles. The summed E-state index contributed by atoms with van der Waals surface area (Å²) < 4.78 is 43.9. The fourth-order valence-electron chi connectivity index (χ4n) is 1.58. The average Bonchev–Trinajstić information content (AvgIpc) is 2.37. The molecule has 0 N–H and O–H groups in total. The van der Waals surface area contributed by atoms with Crippen molar-refractivity contribution in [1.29, 1.82) is 0 Å². The second-order valence-electron chi connectivity index (χ2n) is 4.67. The second kappa shape index (κ2) is 6.01. The van der Waals surface area contributed by atoms with E-state index in [1.54, 1.807) is 0 Å². The van der Waals surface area contributed by atoms with E-state index >= 15 is 0 Å². The Balaban J connectivity index is 2.30. The van der Waals surface area contributed by atoms with Crippen LogP contribution < -0.4 is 4.74 Å². The molecule has 0 radical (unpaired) electrons. The first kappa shape index (κ1) is 15.8. The Kier molecular flexibility index (Phi) is 4.51. The fourth-order valence-corrected chi connectivity index (χ4v) is 1.96. The molecule has 2 rings (SSSR count). The normalized spacial score (nSPS) is 11.8. The Bertz CT molecular complexity index is 644. The maximum absolute atomic E-state index is 12.7. The molecule has 3 nitrogen and oxygen atoms in total. The number of nitrogens with zero attached hydrogens (tertiary/aromatic N) is 2. The monoisotopic (exact) mass is 360 g/mol. The molecule has 1 heterocycles. The van der Waals surface area contributed by atoms with Crippen LogP contribution in [0.5, 0.6) is 11.6 Å². The molecule has 0 aliphatic rings. The highest BCUT2D eigenvalue weighted by atomic mass is 79.9. The summed E-state index contributed by atoms with van der Waals surface area (Å²) >= 11 is 3.23. The summed E-state index contributed by atoms with van der Waals surface area (Å²) in [6.45, 7) is 3.83. The number of alkyl halides is 3. The third-order valence-corrected chi connectivity index (χ3v) is 3.00. The number of ether oxygens (including phenoxy) is 1. The number of aromatic nitrogens is 2. The van der Waals surface area contributed by atoms with Crippen LogP contribution in [0.4, 0.5) is 13.2 Å². The van der Waals surface area contributed by atoms with Gasteiger partial charge in [0.2, 0.25) is 5.88 Å². The summed E-state index contributed by atoms with van der Waals surface area (Å²) in [5, 5.41) is 0. The molecule has 0 amide bonds. The van der Waals surface area contributed by atoms with E-state index in [-0.39, 0.29) is 17.5 Å². The molecule has 0 saturated heterocycles. The maximum Gasteiger partial charge on any atom is 0.416 e. The van der Waals surface area contributed by atoms with E-state index in [9.17, 15) is 13.2 Å². The third-order valence-electron chi connectivity index (χ3n) is 2.59. The zero-order valence-corrected chi connectivity index (χ0v) is 12.9. The molecule has 7 heteroatoms. The lowest BCUT2D eigenvalue weighted by Gasteiger charge is -2.11. The molecule has 0 spiro atoms. The van der Waals surface area contributed by atoms with Crippen molar-refractivity contribution in [1.82, 2.24) is 9.97 Å². The van der Waals surface area contributed by atoms with Crippen molar-refractivity contribution >= 4 is 15.9 Å². The van der Waals surface area contributed by atoms with E-state index < -0.39 is 11.7 Å². The molecular formula is C14H12BrF3N2O. The van der Waals surface area contributed by atoms with Crippen molar-refractivity contribution < 1.29 is 17.9 Å². The molecule has 0 atom stereocenters. The van der Waals surface area contributed by atoms with Gasteiger partial charge in [0.05, 0.1) is 5.56 Å². The molecule has 0 aliphatic heterocycles. The highest BCUT2D eigenvalue weighted by molar-refractivity contribution is 9.10. The summed E-state index contributed by atoms with van der Waals surface area (Å²) in [5.74, 6) is 0.891. The maximum atomic E-state index is 12.7. The van der Waals surface area contributed by atoms with Crippen LogP contribution in [0.25, 0.3) is 0 Å². The summed E-state index contributed by atoms with van der Waals surface area (Å²) in [4.78, 5) is 8.35. The van der Waals surface area contributed by atoms with Crippen molar-refractivity contribution in [3.63, 3.8) is 0 Å². The standard InChI is InChI=1S/C14H12BrF3N2O/c1-8(2)13-19-11(15)7-12(20-13)21-10-5-3-4-9(6-10)14(16,17)18/h3-8H,1-2H3. The Morgan fingerprint density at radius 1 is 1.14 bits per heavy atom. The number of rotatable bonds is 3. The fraction of sp³-hybridized carbons (Fsp3) is 0.286. The van der Waals surface area contributed by atoms with Crippen LogP contribution in [0.1, 0.15) is 31.2 Å². The predicted octanol–water partition coefficient (Wildman–Crippen LogP) is 5.17. The Morgan fingerprint density at radius 3 is 2.48 bits per heavy atom. The van der Waals surface area contributed by atoms with Crippen molar-refractivity contribution in [2.75, 3.05) is 0 Å². The van der Waals surface area contributed by atoms with Crippen LogP contribution >= 0.6 is 15.9 Å². The minimum Gasteiger partial charge on any atom is -0.439 e. The number of benzene rings is 1. The predicted molar refractivity (Wildman–Crippen MR) is 75.3 cm³/mol. The largest absolute Gasteiger partial charge is 0.439 e. The molecule has 0 unspecified atom stereocenters. The number of hydrogen-bond donors (Lipinski definition) is 0. The van der Waals surface area contributed by atoms with Crippen LogP contribution in [0.2, 0.25) is 0 Å².